The lowest BCUT2D eigenvalue weighted by Crippen LogP contribution is -2.35. The lowest BCUT2D eigenvalue weighted by Gasteiger charge is -2.30. The molecule has 0 aromatic carbocycles. The number of carboxylic acids is 1. The highest BCUT2D eigenvalue weighted by atomic mass is 16.4. The van der Waals surface area contributed by atoms with Gasteiger partial charge in [-0.3, -0.25) is 4.79 Å². The molecule has 0 radical (unpaired) electrons. The normalized spacial score (nSPS) is 22.9. The smallest absolute Gasteiger partial charge is 0.309 e. The van der Waals surface area contributed by atoms with Crippen molar-refractivity contribution in [2.24, 2.45) is 11.3 Å². The maximum atomic E-state index is 11.1. The topological polar surface area (TPSA) is 57.5 Å². The monoisotopic (exact) mass is 186 g/mol. The first-order valence-corrected chi connectivity index (χ1v) is 4.95. The van der Waals surface area contributed by atoms with Crippen molar-refractivity contribution < 1.29 is 15.0 Å². The number of carbonyl (C=O) groups is 1. The Balaban J connectivity index is 2.69. The highest BCUT2D eigenvalue weighted by Crippen LogP contribution is 2.42. The number of aliphatic hydroxyl groups excluding tert-OH is 1. The first-order valence-electron chi connectivity index (χ1n) is 4.95. The van der Waals surface area contributed by atoms with Crippen molar-refractivity contribution in [1.82, 2.24) is 0 Å². The van der Waals surface area contributed by atoms with Crippen molar-refractivity contribution in [2.45, 2.75) is 39.0 Å². The van der Waals surface area contributed by atoms with Crippen LogP contribution >= 0.6 is 0 Å². The molecular weight excluding hydrogens is 168 g/mol. The van der Waals surface area contributed by atoms with Crippen LogP contribution in [-0.2, 0) is 4.79 Å². The predicted molar refractivity (Wildman–Crippen MR) is 49.4 cm³/mol. The van der Waals surface area contributed by atoms with Gasteiger partial charge in [0, 0.05) is 6.61 Å². The molecule has 0 bridgehead atoms. The third-order valence-electron chi connectivity index (χ3n) is 3.38. The minimum absolute atomic E-state index is 0.0285. The molecule has 0 aromatic rings. The van der Waals surface area contributed by atoms with Crippen LogP contribution in [0.3, 0.4) is 0 Å². The number of aliphatic hydroxyl groups is 1. The van der Waals surface area contributed by atoms with E-state index in [0.717, 1.165) is 25.7 Å². The molecule has 0 heterocycles. The van der Waals surface area contributed by atoms with E-state index in [1.165, 1.54) is 0 Å². The molecule has 1 unspecified atom stereocenters. The largest absolute Gasteiger partial charge is 0.481 e. The summed E-state index contributed by atoms with van der Waals surface area (Å²) in [5.74, 6) is -0.495. The SMILES string of the molecule is CC(CCO)(C(=O)O)C1CCCC1. The molecule has 1 fully saturated rings. The van der Waals surface area contributed by atoms with Crippen LogP contribution in [0.25, 0.3) is 0 Å². The van der Waals surface area contributed by atoms with Crippen LogP contribution < -0.4 is 0 Å². The molecule has 1 aliphatic carbocycles. The van der Waals surface area contributed by atoms with Gasteiger partial charge in [0.1, 0.15) is 0 Å². The molecule has 0 aromatic heterocycles. The van der Waals surface area contributed by atoms with Gasteiger partial charge in [0.2, 0.25) is 0 Å². The van der Waals surface area contributed by atoms with Gasteiger partial charge in [0.05, 0.1) is 5.41 Å². The van der Waals surface area contributed by atoms with Gasteiger partial charge in [0.15, 0.2) is 0 Å². The molecule has 1 rings (SSSR count). The molecule has 1 aliphatic rings. The van der Waals surface area contributed by atoms with Gasteiger partial charge in [-0.1, -0.05) is 12.8 Å². The number of hydrogen-bond acceptors (Lipinski definition) is 2. The molecule has 3 nitrogen and oxygen atoms in total. The summed E-state index contributed by atoms with van der Waals surface area (Å²) in [4.78, 5) is 11.1. The van der Waals surface area contributed by atoms with Gasteiger partial charge in [-0.05, 0) is 32.1 Å². The van der Waals surface area contributed by atoms with E-state index < -0.39 is 11.4 Å². The summed E-state index contributed by atoms with van der Waals surface area (Å²) < 4.78 is 0. The fourth-order valence-corrected chi connectivity index (χ4v) is 2.28. The van der Waals surface area contributed by atoms with Crippen LogP contribution in [0.4, 0.5) is 0 Å². The maximum Gasteiger partial charge on any atom is 0.309 e. The van der Waals surface area contributed by atoms with Crippen molar-refractivity contribution in [3.05, 3.63) is 0 Å². The zero-order valence-corrected chi connectivity index (χ0v) is 8.12. The molecule has 0 spiro atoms. The minimum atomic E-state index is -0.756. The predicted octanol–water partition coefficient (Wildman–Crippen LogP) is 1.65. The molecule has 0 amide bonds. The Kier molecular flexibility index (Phi) is 3.31. The van der Waals surface area contributed by atoms with Crippen LogP contribution in [0.2, 0.25) is 0 Å². The summed E-state index contributed by atoms with van der Waals surface area (Å²) in [6.45, 7) is 1.74. The summed E-state index contributed by atoms with van der Waals surface area (Å²) in [5.41, 5.74) is -0.703. The lowest BCUT2D eigenvalue weighted by atomic mass is 9.74. The second-order valence-electron chi connectivity index (χ2n) is 4.18. The van der Waals surface area contributed by atoms with Gasteiger partial charge in [-0.25, -0.2) is 0 Å². The zero-order valence-electron chi connectivity index (χ0n) is 8.12. The number of rotatable bonds is 4. The quantitative estimate of drug-likeness (QED) is 0.701. The Labute approximate surface area is 78.8 Å². The van der Waals surface area contributed by atoms with Gasteiger partial charge in [0.25, 0.3) is 0 Å². The van der Waals surface area contributed by atoms with Crippen LogP contribution in [0.15, 0.2) is 0 Å². The Morgan fingerprint density at radius 3 is 2.38 bits per heavy atom. The number of aliphatic carboxylic acids is 1. The van der Waals surface area contributed by atoms with Gasteiger partial charge >= 0.3 is 5.97 Å². The standard InChI is InChI=1S/C10H18O3/c1-10(6-7-11,9(12)13)8-4-2-3-5-8/h8,11H,2-7H2,1H3,(H,12,13). The van der Waals surface area contributed by atoms with E-state index in [-0.39, 0.29) is 12.5 Å². The molecule has 1 saturated carbocycles. The molecule has 0 saturated heterocycles. The number of carboxylic acid groups (broad SMARTS) is 1. The van der Waals surface area contributed by atoms with Crippen LogP contribution in [0, 0.1) is 11.3 Å². The average Bonchev–Trinajstić information content (AvgIpc) is 2.56. The molecule has 13 heavy (non-hydrogen) atoms. The highest BCUT2D eigenvalue weighted by Gasteiger charge is 2.41. The van der Waals surface area contributed by atoms with E-state index in [0.29, 0.717) is 6.42 Å². The fourth-order valence-electron chi connectivity index (χ4n) is 2.28. The summed E-state index contributed by atoms with van der Waals surface area (Å²) in [6, 6.07) is 0. The van der Waals surface area contributed by atoms with Gasteiger partial charge < -0.3 is 10.2 Å². The Morgan fingerprint density at radius 2 is 2.00 bits per heavy atom. The van der Waals surface area contributed by atoms with Crippen molar-refractivity contribution in [2.75, 3.05) is 6.61 Å². The first-order chi connectivity index (χ1) is 6.11. The van der Waals surface area contributed by atoms with Crippen molar-refractivity contribution in [1.29, 1.82) is 0 Å². The molecule has 0 aliphatic heterocycles. The van der Waals surface area contributed by atoms with E-state index >= 15 is 0 Å². The van der Waals surface area contributed by atoms with E-state index in [9.17, 15) is 4.79 Å². The Morgan fingerprint density at radius 1 is 1.46 bits per heavy atom. The minimum Gasteiger partial charge on any atom is -0.481 e. The summed E-state index contributed by atoms with van der Waals surface area (Å²) in [7, 11) is 0. The van der Waals surface area contributed by atoms with Crippen molar-refractivity contribution >= 4 is 5.97 Å². The maximum absolute atomic E-state index is 11.1. The van der Waals surface area contributed by atoms with Gasteiger partial charge in [-0.2, -0.15) is 0 Å². The van der Waals surface area contributed by atoms with Crippen LogP contribution in [0.5, 0.6) is 0 Å². The third-order valence-corrected chi connectivity index (χ3v) is 3.38. The van der Waals surface area contributed by atoms with E-state index in [2.05, 4.69) is 0 Å². The van der Waals surface area contributed by atoms with Gasteiger partial charge in [-0.15, -0.1) is 0 Å². The third kappa shape index (κ3) is 2.02. The molecule has 1 atom stereocenters. The van der Waals surface area contributed by atoms with Crippen LogP contribution in [-0.4, -0.2) is 22.8 Å². The van der Waals surface area contributed by atoms with Crippen molar-refractivity contribution in [3.63, 3.8) is 0 Å². The molecule has 2 N–H and O–H groups in total. The highest BCUT2D eigenvalue weighted by molar-refractivity contribution is 5.74. The second kappa shape index (κ2) is 4.09. The van der Waals surface area contributed by atoms with E-state index in [1.807, 2.05) is 0 Å². The first kappa shape index (κ1) is 10.5. The van der Waals surface area contributed by atoms with E-state index in [4.69, 9.17) is 10.2 Å². The second-order valence-corrected chi connectivity index (χ2v) is 4.18. The van der Waals surface area contributed by atoms with Crippen molar-refractivity contribution in [3.8, 4) is 0 Å². The Bertz CT molecular complexity index is 185. The summed E-state index contributed by atoms with van der Waals surface area (Å²) >= 11 is 0. The molecular formula is C10H18O3. The number of hydrogen-bond donors (Lipinski definition) is 2. The average molecular weight is 186 g/mol. The Hall–Kier alpha value is -0.570. The molecule has 76 valence electrons. The zero-order chi connectivity index (χ0) is 9.90. The lowest BCUT2D eigenvalue weighted by molar-refractivity contribution is -0.152. The summed E-state index contributed by atoms with van der Waals surface area (Å²) in [5, 5.41) is 18.0. The van der Waals surface area contributed by atoms with E-state index in [1.54, 1.807) is 6.92 Å². The van der Waals surface area contributed by atoms with Crippen LogP contribution in [0.1, 0.15) is 39.0 Å². The summed E-state index contributed by atoms with van der Waals surface area (Å²) in [6.07, 6.45) is 4.66. The fraction of sp³-hybridized carbons (Fsp3) is 0.900. The molecule has 3 heteroatoms.